The van der Waals surface area contributed by atoms with Gasteiger partial charge in [-0.05, 0) is 24.5 Å². The Labute approximate surface area is 125 Å². The van der Waals surface area contributed by atoms with Crippen molar-refractivity contribution in [2.45, 2.75) is 39.8 Å². The number of rotatable bonds is 6. The van der Waals surface area contributed by atoms with Crippen molar-refractivity contribution in [2.75, 3.05) is 0 Å². The molecule has 2 heterocycles. The largest absolute Gasteiger partial charge is 0.305 e. The van der Waals surface area contributed by atoms with Gasteiger partial charge in [0.2, 0.25) is 0 Å². The number of nitrogens with one attached hydrogen (secondary N) is 1. The Kier molecular flexibility index (Phi) is 5.15. The molecule has 0 aliphatic carbocycles. The summed E-state index contributed by atoms with van der Waals surface area (Å²) in [5.41, 5.74) is 4.37. The third-order valence-corrected chi connectivity index (χ3v) is 3.89. The van der Waals surface area contributed by atoms with Crippen molar-refractivity contribution < 1.29 is 0 Å². The molecule has 0 unspecified atom stereocenters. The first-order valence-corrected chi connectivity index (χ1v) is 7.38. The minimum atomic E-state index is 0.696. The number of hydrogen-bond donors (Lipinski definition) is 1. The fourth-order valence-electron chi connectivity index (χ4n) is 2.26. The van der Waals surface area contributed by atoms with Crippen LogP contribution < -0.4 is 5.32 Å². The van der Waals surface area contributed by atoms with Gasteiger partial charge in [-0.15, -0.1) is 0 Å². The summed E-state index contributed by atoms with van der Waals surface area (Å²) in [6.45, 7) is 5.65. The third kappa shape index (κ3) is 3.19. The van der Waals surface area contributed by atoms with Gasteiger partial charge in [0.15, 0.2) is 0 Å². The maximum absolute atomic E-state index is 6.33. The second kappa shape index (κ2) is 6.86. The zero-order valence-corrected chi connectivity index (χ0v) is 13.0. The van der Waals surface area contributed by atoms with Crippen LogP contribution in [-0.4, -0.2) is 14.8 Å². The summed E-state index contributed by atoms with van der Waals surface area (Å²) >= 11 is 6.33. The van der Waals surface area contributed by atoms with Crippen LogP contribution in [0.4, 0.5) is 0 Å². The zero-order valence-electron chi connectivity index (χ0n) is 12.3. The Hall–Kier alpha value is -1.39. The predicted molar refractivity (Wildman–Crippen MR) is 81.8 cm³/mol. The van der Waals surface area contributed by atoms with E-state index >= 15 is 0 Å². The average Bonchev–Trinajstić information content (AvgIpc) is 2.75. The van der Waals surface area contributed by atoms with Gasteiger partial charge in [0.05, 0.1) is 22.1 Å². The molecule has 2 aromatic rings. The second-order valence-corrected chi connectivity index (χ2v) is 5.13. The van der Waals surface area contributed by atoms with Crippen molar-refractivity contribution in [3.8, 4) is 0 Å². The summed E-state index contributed by atoms with van der Waals surface area (Å²) in [4.78, 5) is 4.43. The smallest absolute Gasteiger partial charge is 0.0863 e. The molecule has 108 valence electrons. The second-order valence-electron chi connectivity index (χ2n) is 4.75. The van der Waals surface area contributed by atoms with E-state index in [0.717, 1.165) is 41.5 Å². The van der Waals surface area contributed by atoms with E-state index in [2.05, 4.69) is 35.3 Å². The van der Waals surface area contributed by atoms with Gasteiger partial charge < -0.3 is 5.32 Å². The Morgan fingerprint density at radius 1 is 1.20 bits per heavy atom. The van der Waals surface area contributed by atoms with Crippen LogP contribution in [0.15, 0.2) is 18.3 Å². The molecule has 0 aliphatic rings. The predicted octanol–water partition coefficient (Wildman–Crippen LogP) is 2.88. The van der Waals surface area contributed by atoms with E-state index in [1.54, 1.807) is 0 Å². The molecule has 0 amide bonds. The lowest BCUT2D eigenvalue weighted by Gasteiger charge is -2.08. The first kappa shape index (κ1) is 15.0. The van der Waals surface area contributed by atoms with E-state index in [9.17, 15) is 0 Å². The van der Waals surface area contributed by atoms with Crippen LogP contribution in [0.5, 0.6) is 0 Å². The summed E-state index contributed by atoms with van der Waals surface area (Å²) in [6, 6.07) is 4.10. The van der Waals surface area contributed by atoms with Crippen LogP contribution in [0, 0.1) is 0 Å². The molecule has 0 saturated carbocycles. The monoisotopic (exact) mass is 292 g/mol. The summed E-state index contributed by atoms with van der Waals surface area (Å²) in [7, 11) is 1.93. The van der Waals surface area contributed by atoms with Crippen molar-refractivity contribution in [2.24, 2.45) is 7.05 Å². The summed E-state index contributed by atoms with van der Waals surface area (Å²) < 4.78 is 1.85. The number of hydrogen-bond acceptors (Lipinski definition) is 3. The molecule has 4 nitrogen and oxygen atoms in total. The first-order valence-electron chi connectivity index (χ1n) is 7.01. The lowest BCUT2D eigenvalue weighted by Crippen LogP contribution is -2.17. The quantitative estimate of drug-likeness (QED) is 0.890. The minimum absolute atomic E-state index is 0.696. The summed E-state index contributed by atoms with van der Waals surface area (Å²) in [5, 5.41) is 8.60. The van der Waals surface area contributed by atoms with E-state index < -0.39 is 0 Å². The first-order chi connectivity index (χ1) is 9.67. The lowest BCUT2D eigenvalue weighted by molar-refractivity contribution is 0.615. The van der Waals surface area contributed by atoms with E-state index in [-0.39, 0.29) is 0 Å². The zero-order chi connectivity index (χ0) is 14.5. The van der Waals surface area contributed by atoms with Crippen molar-refractivity contribution in [1.82, 2.24) is 20.1 Å². The molecule has 1 N–H and O–H groups in total. The molecule has 5 heteroatoms. The standard InChI is InChI=1S/C15H21ClN4/c1-4-11-7-6-8-18-13(11)9-17-10-14-15(16)12(5-2)19-20(14)3/h6-8,17H,4-5,9-10H2,1-3H3. The third-order valence-electron chi connectivity index (χ3n) is 3.45. The maximum Gasteiger partial charge on any atom is 0.0863 e. The number of pyridine rings is 1. The molecule has 0 aliphatic heterocycles. The molecular formula is C15H21ClN4. The molecule has 0 saturated heterocycles. The highest BCUT2D eigenvalue weighted by Crippen LogP contribution is 2.20. The van der Waals surface area contributed by atoms with Crippen molar-refractivity contribution in [3.05, 3.63) is 46.0 Å². The van der Waals surface area contributed by atoms with Crippen LogP contribution in [0.25, 0.3) is 0 Å². The average molecular weight is 293 g/mol. The van der Waals surface area contributed by atoms with Crippen LogP contribution >= 0.6 is 11.6 Å². The van der Waals surface area contributed by atoms with Gasteiger partial charge in [-0.1, -0.05) is 31.5 Å². The lowest BCUT2D eigenvalue weighted by atomic mass is 10.1. The highest BCUT2D eigenvalue weighted by molar-refractivity contribution is 6.31. The number of aryl methyl sites for hydroxylation is 3. The molecule has 2 aromatic heterocycles. The molecule has 2 rings (SSSR count). The van der Waals surface area contributed by atoms with Crippen LogP contribution in [-0.2, 0) is 33.0 Å². The fraction of sp³-hybridized carbons (Fsp3) is 0.467. The molecule has 0 spiro atoms. The van der Waals surface area contributed by atoms with Gasteiger partial charge in [0.1, 0.15) is 0 Å². The van der Waals surface area contributed by atoms with Gasteiger partial charge in [-0.25, -0.2) is 0 Å². The van der Waals surface area contributed by atoms with Crippen molar-refractivity contribution in [3.63, 3.8) is 0 Å². The fourth-order valence-corrected chi connectivity index (χ4v) is 2.62. The van der Waals surface area contributed by atoms with Gasteiger partial charge in [-0.3, -0.25) is 9.67 Å². The molecular weight excluding hydrogens is 272 g/mol. The van der Waals surface area contributed by atoms with E-state index in [1.807, 2.05) is 24.0 Å². The van der Waals surface area contributed by atoms with E-state index in [4.69, 9.17) is 11.6 Å². The topological polar surface area (TPSA) is 42.7 Å². The van der Waals surface area contributed by atoms with Gasteiger partial charge in [0, 0.05) is 26.3 Å². The van der Waals surface area contributed by atoms with E-state index in [0.29, 0.717) is 6.54 Å². The normalized spacial score (nSPS) is 11.0. The molecule has 0 fully saturated rings. The highest BCUT2D eigenvalue weighted by atomic mass is 35.5. The number of aromatic nitrogens is 3. The summed E-state index contributed by atoms with van der Waals surface area (Å²) in [6.07, 6.45) is 3.69. The minimum Gasteiger partial charge on any atom is -0.305 e. The molecule has 0 atom stereocenters. The summed E-state index contributed by atoms with van der Waals surface area (Å²) in [5.74, 6) is 0. The molecule has 0 aromatic carbocycles. The molecule has 0 bridgehead atoms. The highest BCUT2D eigenvalue weighted by Gasteiger charge is 2.12. The molecule has 20 heavy (non-hydrogen) atoms. The van der Waals surface area contributed by atoms with Crippen LogP contribution in [0.3, 0.4) is 0 Å². The van der Waals surface area contributed by atoms with Crippen molar-refractivity contribution >= 4 is 11.6 Å². The Bertz CT molecular complexity index is 577. The molecule has 0 radical (unpaired) electrons. The van der Waals surface area contributed by atoms with Crippen LogP contribution in [0.2, 0.25) is 5.02 Å². The van der Waals surface area contributed by atoms with E-state index in [1.165, 1.54) is 5.56 Å². The maximum atomic E-state index is 6.33. The number of nitrogens with zero attached hydrogens (tertiary/aromatic N) is 3. The Balaban J connectivity index is 2.01. The van der Waals surface area contributed by atoms with Gasteiger partial charge in [0.25, 0.3) is 0 Å². The SMILES string of the molecule is CCc1cccnc1CNCc1c(Cl)c(CC)nn1C. The van der Waals surface area contributed by atoms with Gasteiger partial charge in [-0.2, -0.15) is 5.10 Å². The Morgan fingerprint density at radius 3 is 2.65 bits per heavy atom. The van der Waals surface area contributed by atoms with Gasteiger partial charge >= 0.3 is 0 Å². The number of halogens is 1. The van der Waals surface area contributed by atoms with Crippen LogP contribution in [0.1, 0.15) is 36.5 Å². The Morgan fingerprint density at radius 2 is 2.00 bits per heavy atom. The van der Waals surface area contributed by atoms with Crippen molar-refractivity contribution in [1.29, 1.82) is 0 Å².